The van der Waals surface area contributed by atoms with Gasteiger partial charge in [0.25, 0.3) is 11.2 Å². The van der Waals surface area contributed by atoms with Gasteiger partial charge in [0.1, 0.15) is 33.6 Å². The molecule has 10 heteroatoms. The molecule has 0 spiro atoms. The molecule has 5 rings (SSSR count). The number of ether oxygens (including phenoxy) is 2. The SMILES string of the molecule is C=C(OCC)C1=C(C)n2c(s/c(=C\c3ccc(-c4cccc([N+](=O)[O-])c4)o3)c2=O)=NC1c1ccc(OC)cc1. The molecule has 0 saturated heterocycles. The highest BCUT2D eigenvalue weighted by atomic mass is 32.1. The number of nitro benzene ring substituents is 1. The zero-order valence-electron chi connectivity index (χ0n) is 21.5. The molecule has 0 saturated carbocycles. The fraction of sp³-hybridized carbons (Fsp3) is 0.172. The number of thiazole rings is 1. The Morgan fingerprint density at radius 1 is 1.23 bits per heavy atom. The van der Waals surface area contributed by atoms with Crippen molar-refractivity contribution < 1.29 is 18.8 Å². The molecule has 4 aromatic rings. The number of aromatic nitrogens is 1. The fourth-order valence-corrected chi connectivity index (χ4v) is 5.49. The van der Waals surface area contributed by atoms with Gasteiger partial charge in [-0.05, 0) is 43.7 Å². The van der Waals surface area contributed by atoms with Crippen LogP contribution in [0.25, 0.3) is 23.1 Å². The van der Waals surface area contributed by atoms with Gasteiger partial charge in [-0.1, -0.05) is 42.2 Å². The zero-order chi connectivity index (χ0) is 27.7. The molecule has 3 heterocycles. The third-order valence-corrected chi connectivity index (χ3v) is 7.32. The van der Waals surface area contributed by atoms with Crippen LogP contribution < -0.4 is 19.6 Å². The van der Waals surface area contributed by atoms with E-state index in [1.165, 1.54) is 23.5 Å². The summed E-state index contributed by atoms with van der Waals surface area (Å²) in [4.78, 5) is 29.7. The average Bonchev–Trinajstić information content (AvgIpc) is 3.53. The first kappa shape index (κ1) is 25.9. The maximum absolute atomic E-state index is 13.5. The lowest BCUT2D eigenvalue weighted by Gasteiger charge is -2.25. The van der Waals surface area contributed by atoms with Gasteiger partial charge < -0.3 is 13.9 Å². The van der Waals surface area contributed by atoms with Gasteiger partial charge in [-0.3, -0.25) is 19.5 Å². The highest BCUT2D eigenvalue weighted by Gasteiger charge is 2.28. The van der Waals surface area contributed by atoms with Crippen molar-refractivity contribution in [2.24, 2.45) is 4.99 Å². The van der Waals surface area contributed by atoms with E-state index in [1.54, 1.807) is 42.0 Å². The fourth-order valence-electron chi connectivity index (χ4n) is 4.47. The second-order valence-electron chi connectivity index (χ2n) is 8.70. The van der Waals surface area contributed by atoms with E-state index in [2.05, 4.69) is 6.58 Å². The molecule has 198 valence electrons. The van der Waals surface area contributed by atoms with E-state index in [1.807, 2.05) is 38.1 Å². The molecule has 39 heavy (non-hydrogen) atoms. The molecule has 1 unspecified atom stereocenters. The van der Waals surface area contributed by atoms with Crippen LogP contribution >= 0.6 is 11.3 Å². The van der Waals surface area contributed by atoms with Crippen molar-refractivity contribution in [2.75, 3.05) is 13.7 Å². The van der Waals surface area contributed by atoms with E-state index in [0.717, 1.165) is 16.9 Å². The van der Waals surface area contributed by atoms with Crippen molar-refractivity contribution in [1.82, 2.24) is 4.57 Å². The lowest BCUT2D eigenvalue weighted by Crippen LogP contribution is -2.34. The average molecular weight is 544 g/mol. The zero-order valence-corrected chi connectivity index (χ0v) is 22.4. The Labute approximate surface area is 227 Å². The summed E-state index contributed by atoms with van der Waals surface area (Å²) in [5.74, 6) is 2.09. The Kier molecular flexibility index (Phi) is 7.03. The normalized spacial score (nSPS) is 15.1. The van der Waals surface area contributed by atoms with Crippen LogP contribution in [0.1, 0.15) is 31.2 Å². The highest BCUT2D eigenvalue weighted by Crippen LogP contribution is 2.36. The number of benzene rings is 2. The van der Waals surface area contributed by atoms with Crippen LogP contribution in [0.5, 0.6) is 5.75 Å². The lowest BCUT2D eigenvalue weighted by molar-refractivity contribution is -0.384. The van der Waals surface area contributed by atoms with Gasteiger partial charge in [0.15, 0.2) is 4.80 Å². The van der Waals surface area contributed by atoms with E-state index in [4.69, 9.17) is 18.9 Å². The molecule has 0 aliphatic carbocycles. The topological polar surface area (TPSA) is 109 Å². The second kappa shape index (κ2) is 10.6. The third-order valence-electron chi connectivity index (χ3n) is 6.34. The summed E-state index contributed by atoms with van der Waals surface area (Å²) >= 11 is 1.25. The summed E-state index contributed by atoms with van der Waals surface area (Å²) in [6.07, 6.45) is 1.65. The molecular weight excluding hydrogens is 518 g/mol. The van der Waals surface area contributed by atoms with Crippen LogP contribution in [0.2, 0.25) is 0 Å². The molecule has 1 aliphatic rings. The molecule has 1 atom stereocenters. The molecule has 0 bridgehead atoms. The van der Waals surface area contributed by atoms with Crippen molar-refractivity contribution >= 4 is 28.8 Å². The second-order valence-corrected chi connectivity index (χ2v) is 9.71. The number of furan rings is 1. The van der Waals surface area contributed by atoms with Gasteiger partial charge >= 0.3 is 0 Å². The molecule has 2 aromatic heterocycles. The van der Waals surface area contributed by atoms with Crippen molar-refractivity contribution in [1.29, 1.82) is 0 Å². The van der Waals surface area contributed by atoms with E-state index < -0.39 is 11.0 Å². The molecule has 1 aliphatic heterocycles. The van der Waals surface area contributed by atoms with E-state index in [0.29, 0.717) is 44.5 Å². The quantitative estimate of drug-likeness (QED) is 0.174. The standard InChI is InChI=1S/C29H25N3O6S/c1-5-37-18(3)26-17(2)31-28(33)25(39-29(31)30-27(26)19-9-11-22(36-4)12-10-19)16-23-13-14-24(38-23)20-7-6-8-21(15-20)32(34)35/h6-16,27H,3,5H2,1-2,4H3/b25-16-. The highest BCUT2D eigenvalue weighted by molar-refractivity contribution is 7.07. The molecule has 0 fully saturated rings. The molecule has 9 nitrogen and oxygen atoms in total. The van der Waals surface area contributed by atoms with Gasteiger partial charge in [-0.2, -0.15) is 0 Å². The van der Waals surface area contributed by atoms with Crippen molar-refractivity contribution in [3.63, 3.8) is 0 Å². The Balaban J connectivity index is 1.60. The Bertz CT molecular complexity index is 1790. The number of fused-ring (bicyclic) bond motifs is 1. The summed E-state index contributed by atoms with van der Waals surface area (Å²) in [6, 6.07) is 16.8. The van der Waals surface area contributed by atoms with E-state index in [9.17, 15) is 14.9 Å². The minimum absolute atomic E-state index is 0.0293. The van der Waals surface area contributed by atoms with Gasteiger partial charge in [0.05, 0.1) is 18.6 Å². The maximum atomic E-state index is 13.5. The van der Waals surface area contributed by atoms with Crippen molar-refractivity contribution in [3.8, 4) is 17.1 Å². The Hall–Kier alpha value is -4.70. The Morgan fingerprint density at radius 3 is 2.69 bits per heavy atom. The minimum Gasteiger partial charge on any atom is -0.497 e. The van der Waals surface area contributed by atoms with Crippen LogP contribution in [-0.4, -0.2) is 23.2 Å². The molecule has 2 aromatic carbocycles. The van der Waals surface area contributed by atoms with Gasteiger partial charge in [-0.15, -0.1) is 0 Å². The summed E-state index contributed by atoms with van der Waals surface area (Å²) in [5.41, 5.74) is 2.64. The first-order valence-corrected chi connectivity index (χ1v) is 13.0. The summed E-state index contributed by atoms with van der Waals surface area (Å²) < 4.78 is 19.0. The van der Waals surface area contributed by atoms with Gasteiger partial charge in [-0.25, -0.2) is 4.99 Å². The largest absolute Gasteiger partial charge is 0.497 e. The predicted octanol–water partition coefficient (Wildman–Crippen LogP) is 5.07. The monoisotopic (exact) mass is 543 g/mol. The molecular formula is C29H25N3O6S. The van der Waals surface area contributed by atoms with Crippen LogP contribution in [0.3, 0.4) is 0 Å². The summed E-state index contributed by atoms with van der Waals surface area (Å²) in [6.45, 7) is 8.28. The Morgan fingerprint density at radius 2 is 2.00 bits per heavy atom. The maximum Gasteiger partial charge on any atom is 0.274 e. The minimum atomic E-state index is -0.455. The predicted molar refractivity (Wildman–Crippen MR) is 149 cm³/mol. The molecule has 0 amide bonds. The number of nitro groups is 1. The summed E-state index contributed by atoms with van der Waals surface area (Å²) in [5, 5.41) is 11.1. The third kappa shape index (κ3) is 4.94. The number of methoxy groups -OCH3 is 1. The lowest BCUT2D eigenvalue weighted by atomic mass is 9.95. The first-order chi connectivity index (χ1) is 18.8. The molecule has 0 radical (unpaired) electrons. The van der Waals surface area contributed by atoms with Crippen LogP contribution in [0, 0.1) is 10.1 Å². The number of hydrogen-bond acceptors (Lipinski definition) is 8. The number of nitrogens with zero attached hydrogens (tertiary/aromatic N) is 3. The van der Waals surface area contributed by atoms with Crippen LogP contribution in [0.4, 0.5) is 5.69 Å². The van der Waals surface area contributed by atoms with E-state index in [-0.39, 0.29) is 11.2 Å². The van der Waals surface area contributed by atoms with Crippen molar-refractivity contribution in [2.45, 2.75) is 19.9 Å². The molecule has 0 N–H and O–H groups in total. The van der Waals surface area contributed by atoms with Crippen LogP contribution in [0.15, 0.2) is 92.8 Å². The summed E-state index contributed by atoms with van der Waals surface area (Å²) in [7, 11) is 1.61. The van der Waals surface area contributed by atoms with Crippen LogP contribution in [-0.2, 0) is 4.74 Å². The van der Waals surface area contributed by atoms with Gasteiger partial charge in [0.2, 0.25) is 0 Å². The first-order valence-electron chi connectivity index (χ1n) is 12.1. The number of non-ortho nitro benzene ring substituents is 1. The smallest absolute Gasteiger partial charge is 0.274 e. The van der Waals surface area contributed by atoms with Crippen molar-refractivity contribution in [3.05, 3.63) is 120 Å². The number of rotatable bonds is 8. The van der Waals surface area contributed by atoms with E-state index >= 15 is 0 Å². The number of allylic oxidation sites excluding steroid dienone is 1. The van der Waals surface area contributed by atoms with Gasteiger partial charge in [0, 0.05) is 35.0 Å². The number of hydrogen-bond donors (Lipinski definition) is 0.